The maximum atomic E-state index is 12.5. The molecule has 0 atom stereocenters. The van der Waals surface area contributed by atoms with Crippen molar-refractivity contribution in [3.63, 3.8) is 0 Å². The summed E-state index contributed by atoms with van der Waals surface area (Å²) in [6.07, 6.45) is 2.87. The Morgan fingerprint density at radius 1 is 0.762 bits per heavy atom. The number of carbonyl (C=O) groups excluding carboxylic acids is 2. The van der Waals surface area contributed by atoms with Crippen LogP contribution >= 0.6 is 0 Å². The Bertz CT molecular complexity index is 304. The maximum absolute atomic E-state index is 12.5. The third-order valence-corrected chi connectivity index (χ3v) is 3.20. The van der Waals surface area contributed by atoms with Crippen LogP contribution in [0, 0.1) is 11.8 Å². The van der Waals surface area contributed by atoms with Gasteiger partial charge < -0.3 is 9.80 Å². The van der Waals surface area contributed by atoms with E-state index < -0.39 is 0 Å². The average molecular weight is 298 g/mol. The summed E-state index contributed by atoms with van der Waals surface area (Å²) in [6.45, 7) is 15.1. The molecular weight excluding hydrogens is 264 g/mol. The Balaban J connectivity index is 4.87. The highest BCUT2D eigenvalue weighted by Crippen LogP contribution is 2.07. The van der Waals surface area contributed by atoms with E-state index >= 15 is 0 Å². The fourth-order valence-electron chi connectivity index (χ4n) is 2.33. The first kappa shape index (κ1) is 19.9. The maximum Gasteiger partial charge on any atom is 0.312 e. The Labute approximate surface area is 130 Å². The van der Waals surface area contributed by atoms with Crippen LogP contribution in [0.15, 0.2) is 0 Å². The number of hydrogen-bond donors (Lipinski definition) is 0. The molecule has 21 heavy (non-hydrogen) atoms. The van der Waals surface area contributed by atoms with Crippen molar-refractivity contribution in [2.45, 2.75) is 60.8 Å². The summed E-state index contributed by atoms with van der Waals surface area (Å²) >= 11 is 0. The van der Waals surface area contributed by atoms with Gasteiger partial charge in [-0.15, -0.1) is 0 Å². The highest BCUT2D eigenvalue weighted by atomic mass is 16.2. The molecular formula is C17H34N2O2. The predicted molar refractivity (Wildman–Crippen MR) is 88.0 cm³/mol. The average Bonchev–Trinajstić information content (AvgIpc) is 2.40. The zero-order chi connectivity index (χ0) is 16.4. The fourth-order valence-corrected chi connectivity index (χ4v) is 2.33. The van der Waals surface area contributed by atoms with Gasteiger partial charge in [0.15, 0.2) is 0 Å². The lowest BCUT2D eigenvalue weighted by Crippen LogP contribution is -2.48. The zero-order valence-electron chi connectivity index (χ0n) is 14.8. The van der Waals surface area contributed by atoms with Gasteiger partial charge in [0.2, 0.25) is 0 Å². The van der Waals surface area contributed by atoms with Crippen molar-refractivity contribution in [3.05, 3.63) is 0 Å². The minimum absolute atomic E-state index is 0.327. The molecule has 124 valence electrons. The van der Waals surface area contributed by atoms with E-state index in [4.69, 9.17) is 0 Å². The number of hydrogen-bond acceptors (Lipinski definition) is 2. The molecule has 0 aromatic heterocycles. The Hall–Kier alpha value is -1.06. The lowest BCUT2D eigenvalue weighted by molar-refractivity contribution is -0.152. The lowest BCUT2D eigenvalue weighted by atomic mass is 10.1. The van der Waals surface area contributed by atoms with Gasteiger partial charge in [-0.1, -0.05) is 48.0 Å². The molecule has 0 saturated heterocycles. The van der Waals surface area contributed by atoms with Gasteiger partial charge in [0.25, 0.3) is 0 Å². The molecule has 2 amide bonds. The zero-order valence-corrected chi connectivity index (χ0v) is 14.8. The molecule has 0 fully saturated rings. The molecule has 0 heterocycles. The summed E-state index contributed by atoms with van der Waals surface area (Å²) in [7, 11) is 0. The van der Waals surface area contributed by atoms with Gasteiger partial charge in [-0.2, -0.15) is 0 Å². The minimum atomic E-state index is -0.332. The van der Waals surface area contributed by atoms with Crippen LogP contribution in [0.25, 0.3) is 0 Å². The highest BCUT2D eigenvalue weighted by molar-refractivity contribution is 6.34. The SMILES string of the molecule is CCCCN(CCC)C(=O)C(=O)N(CC(C)C)CC(C)C. The van der Waals surface area contributed by atoms with Crippen LogP contribution in [0.3, 0.4) is 0 Å². The van der Waals surface area contributed by atoms with Crippen LogP contribution in [-0.4, -0.2) is 47.8 Å². The lowest BCUT2D eigenvalue weighted by Gasteiger charge is -2.29. The van der Waals surface area contributed by atoms with Crippen LogP contribution in [0.4, 0.5) is 0 Å². The number of nitrogens with zero attached hydrogens (tertiary/aromatic N) is 2. The standard InChI is InChI=1S/C17H34N2O2/c1-7-9-11-18(10-8-2)16(20)17(21)19(12-14(3)4)13-15(5)6/h14-15H,7-13H2,1-6H3. The molecule has 0 aromatic rings. The van der Waals surface area contributed by atoms with Gasteiger partial charge in [-0.05, 0) is 24.7 Å². The van der Waals surface area contributed by atoms with Crippen LogP contribution in [0.1, 0.15) is 60.8 Å². The molecule has 0 saturated carbocycles. The quantitative estimate of drug-likeness (QED) is 0.613. The smallest absolute Gasteiger partial charge is 0.312 e. The Morgan fingerprint density at radius 3 is 1.62 bits per heavy atom. The summed E-state index contributed by atoms with van der Waals surface area (Å²) < 4.78 is 0. The van der Waals surface area contributed by atoms with Crippen LogP contribution < -0.4 is 0 Å². The molecule has 4 nitrogen and oxygen atoms in total. The van der Waals surface area contributed by atoms with Gasteiger partial charge >= 0.3 is 11.8 Å². The number of carbonyl (C=O) groups is 2. The summed E-state index contributed by atoms with van der Waals surface area (Å²) in [5.41, 5.74) is 0. The first-order valence-electron chi connectivity index (χ1n) is 8.41. The minimum Gasteiger partial charge on any atom is -0.334 e. The second-order valence-electron chi connectivity index (χ2n) is 6.64. The summed E-state index contributed by atoms with van der Waals surface area (Å²) in [5.74, 6) is 0.0834. The van der Waals surface area contributed by atoms with E-state index in [0.29, 0.717) is 38.0 Å². The van der Waals surface area contributed by atoms with Crippen molar-refractivity contribution in [1.82, 2.24) is 9.80 Å². The summed E-state index contributed by atoms with van der Waals surface area (Å²) in [5, 5.41) is 0. The van der Waals surface area contributed by atoms with E-state index in [2.05, 4.69) is 34.6 Å². The number of rotatable bonds is 9. The van der Waals surface area contributed by atoms with Gasteiger partial charge in [-0.25, -0.2) is 0 Å². The number of amides is 2. The van der Waals surface area contributed by atoms with Crippen LogP contribution in [-0.2, 0) is 9.59 Å². The predicted octanol–water partition coefficient (Wildman–Crippen LogP) is 3.17. The largest absolute Gasteiger partial charge is 0.334 e. The van der Waals surface area contributed by atoms with E-state index in [1.165, 1.54) is 0 Å². The van der Waals surface area contributed by atoms with E-state index in [-0.39, 0.29) is 11.8 Å². The molecule has 0 bridgehead atoms. The number of unbranched alkanes of at least 4 members (excludes halogenated alkanes) is 1. The van der Waals surface area contributed by atoms with Crippen LogP contribution in [0.5, 0.6) is 0 Å². The first-order valence-corrected chi connectivity index (χ1v) is 8.41. The topological polar surface area (TPSA) is 40.6 Å². The Kier molecular flexibility index (Phi) is 10.1. The molecule has 0 aliphatic heterocycles. The van der Waals surface area contributed by atoms with E-state index in [1.807, 2.05) is 6.92 Å². The third kappa shape index (κ3) is 8.08. The van der Waals surface area contributed by atoms with Crippen molar-refractivity contribution in [2.24, 2.45) is 11.8 Å². The van der Waals surface area contributed by atoms with Gasteiger partial charge in [0, 0.05) is 26.2 Å². The molecule has 0 unspecified atom stereocenters. The van der Waals surface area contributed by atoms with Crippen molar-refractivity contribution >= 4 is 11.8 Å². The molecule has 0 aromatic carbocycles. The van der Waals surface area contributed by atoms with Crippen LogP contribution in [0.2, 0.25) is 0 Å². The van der Waals surface area contributed by atoms with E-state index in [1.54, 1.807) is 9.80 Å². The molecule has 0 N–H and O–H groups in total. The normalized spacial score (nSPS) is 11.0. The second kappa shape index (κ2) is 10.6. The first-order chi connectivity index (χ1) is 9.83. The monoisotopic (exact) mass is 298 g/mol. The van der Waals surface area contributed by atoms with Gasteiger partial charge in [0.1, 0.15) is 0 Å². The van der Waals surface area contributed by atoms with Crippen molar-refractivity contribution in [3.8, 4) is 0 Å². The van der Waals surface area contributed by atoms with Crippen molar-refractivity contribution < 1.29 is 9.59 Å². The van der Waals surface area contributed by atoms with Gasteiger partial charge in [-0.3, -0.25) is 9.59 Å². The second-order valence-corrected chi connectivity index (χ2v) is 6.64. The summed E-state index contributed by atoms with van der Waals surface area (Å²) in [4.78, 5) is 28.5. The molecule has 0 spiro atoms. The van der Waals surface area contributed by atoms with Crippen molar-refractivity contribution in [2.75, 3.05) is 26.2 Å². The summed E-state index contributed by atoms with van der Waals surface area (Å²) in [6, 6.07) is 0. The molecule has 0 radical (unpaired) electrons. The third-order valence-electron chi connectivity index (χ3n) is 3.20. The van der Waals surface area contributed by atoms with Gasteiger partial charge in [0.05, 0.1) is 0 Å². The van der Waals surface area contributed by atoms with Crippen molar-refractivity contribution in [1.29, 1.82) is 0 Å². The van der Waals surface area contributed by atoms with E-state index in [9.17, 15) is 9.59 Å². The fraction of sp³-hybridized carbons (Fsp3) is 0.882. The molecule has 4 heteroatoms. The highest BCUT2D eigenvalue weighted by Gasteiger charge is 2.27. The molecule has 0 aliphatic carbocycles. The Morgan fingerprint density at radius 2 is 1.24 bits per heavy atom. The molecule has 0 rings (SSSR count). The van der Waals surface area contributed by atoms with E-state index in [0.717, 1.165) is 19.3 Å². The molecule has 0 aliphatic rings.